The van der Waals surface area contributed by atoms with Crippen molar-refractivity contribution in [1.29, 1.82) is 0 Å². The minimum Gasteiger partial charge on any atom is -0.508 e. The molecule has 1 atom stereocenters. The van der Waals surface area contributed by atoms with Crippen LogP contribution in [-0.4, -0.2) is 17.7 Å². The zero-order chi connectivity index (χ0) is 10.6. The van der Waals surface area contributed by atoms with Crippen molar-refractivity contribution in [3.8, 4) is 5.75 Å². The Hall–Kier alpha value is -1.51. The Morgan fingerprint density at radius 3 is 2.71 bits per heavy atom. The Labute approximate surface area is 83.3 Å². The van der Waals surface area contributed by atoms with Crippen LogP contribution < -0.4 is 0 Å². The maximum absolute atomic E-state index is 11.4. The van der Waals surface area contributed by atoms with Crippen molar-refractivity contribution in [2.75, 3.05) is 6.61 Å². The maximum atomic E-state index is 11.4. The fraction of sp³-hybridized carbons (Fsp3) is 0.364. The van der Waals surface area contributed by atoms with Crippen LogP contribution in [0.25, 0.3) is 0 Å². The third kappa shape index (κ3) is 2.25. The van der Waals surface area contributed by atoms with Crippen molar-refractivity contribution in [3.05, 3.63) is 29.8 Å². The fourth-order valence-electron chi connectivity index (χ4n) is 1.25. The summed E-state index contributed by atoms with van der Waals surface area (Å²) in [5.41, 5.74) is 0.603. The van der Waals surface area contributed by atoms with Crippen LogP contribution in [0, 0.1) is 0 Å². The summed E-state index contributed by atoms with van der Waals surface area (Å²) in [6.07, 6.45) is 0. The van der Waals surface area contributed by atoms with E-state index in [9.17, 15) is 9.90 Å². The summed E-state index contributed by atoms with van der Waals surface area (Å²) in [7, 11) is 0. The molecule has 0 saturated carbocycles. The first-order valence-corrected chi connectivity index (χ1v) is 4.61. The van der Waals surface area contributed by atoms with Gasteiger partial charge in [0.15, 0.2) is 0 Å². The van der Waals surface area contributed by atoms with E-state index in [0.29, 0.717) is 12.2 Å². The molecule has 0 saturated heterocycles. The van der Waals surface area contributed by atoms with Crippen molar-refractivity contribution in [1.82, 2.24) is 0 Å². The first-order valence-electron chi connectivity index (χ1n) is 4.61. The van der Waals surface area contributed by atoms with Crippen molar-refractivity contribution in [3.63, 3.8) is 0 Å². The number of para-hydroxylation sites is 1. The summed E-state index contributed by atoms with van der Waals surface area (Å²) in [5.74, 6) is -0.599. The Balaban J connectivity index is 2.84. The summed E-state index contributed by atoms with van der Waals surface area (Å²) in [5, 5.41) is 9.49. The third-order valence-electron chi connectivity index (χ3n) is 2.04. The lowest BCUT2D eigenvalue weighted by atomic mass is 10.0. The molecule has 1 unspecified atom stereocenters. The van der Waals surface area contributed by atoms with Crippen molar-refractivity contribution in [2.24, 2.45) is 0 Å². The molecule has 0 heterocycles. The number of hydrogen-bond acceptors (Lipinski definition) is 3. The number of hydrogen-bond donors (Lipinski definition) is 1. The number of rotatable bonds is 3. The Bertz CT molecular complexity index is 320. The van der Waals surface area contributed by atoms with E-state index < -0.39 is 5.92 Å². The van der Waals surface area contributed by atoms with Crippen LogP contribution in [0.15, 0.2) is 24.3 Å². The second kappa shape index (κ2) is 4.65. The van der Waals surface area contributed by atoms with E-state index in [1.54, 1.807) is 38.1 Å². The largest absolute Gasteiger partial charge is 0.508 e. The lowest BCUT2D eigenvalue weighted by Gasteiger charge is -2.11. The van der Waals surface area contributed by atoms with Crippen molar-refractivity contribution >= 4 is 5.97 Å². The molecule has 76 valence electrons. The van der Waals surface area contributed by atoms with Gasteiger partial charge in [0.25, 0.3) is 0 Å². The van der Waals surface area contributed by atoms with E-state index >= 15 is 0 Å². The highest BCUT2D eigenvalue weighted by Gasteiger charge is 2.18. The molecule has 1 aromatic rings. The van der Waals surface area contributed by atoms with Gasteiger partial charge < -0.3 is 9.84 Å². The minimum atomic E-state index is -0.420. The number of carbonyl (C=O) groups is 1. The predicted molar refractivity (Wildman–Crippen MR) is 53.2 cm³/mol. The standard InChI is InChI=1S/C11H14O3/c1-3-14-11(13)8(2)9-6-4-5-7-10(9)12/h4-8,12H,3H2,1-2H3. The molecule has 3 heteroatoms. The number of benzene rings is 1. The molecule has 0 aromatic heterocycles. The van der Waals surface area contributed by atoms with E-state index in [2.05, 4.69) is 0 Å². The summed E-state index contributed by atoms with van der Waals surface area (Å²) >= 11 is 0. The lowest BCUT2D eigenvalue weighted by molar-refractivity contribution is -0.144. The second-order valence-electron chi connectivity index (χ2n) is 3.03. The van der Waals surface area contributed by atoms with E-state index in [1.165, 1.54) is 0 Å². The van der Waals surface area contributed by atoms with Gasteiger partial charge in [0.05, 0.1) is 12.5 Å². The molecule has 3 nitrogen and oxygen atoms in total. The van der Waals surface area contributed by atoms with Crippen LogP contribution in [0.3, 0.4) is 0 Å². The number of phenols is 1. The molecule has 1 aromatic carbocycles. The second-order valence-corrected chi connectivity index (χ2v) is 3.03. The predicted octanol–water partition coefficient (Wildman–Crippen LogP) is 2.06. The van der Waals surface area contributed by atoms with Gasteiger partial charge in [-0.15, -0.1) is 0 Å². The number of aromatic hydroxyl groups is 1. The van der Waals surface area contributed by atoms with Gasteiger partial charge in [0.2, 0.25) is 0 Å². The molecule has 0 aliphatic carbocycles. The van der Waals surface area contributed by atoms with Gasteiger partial charge in [-0.3, -0.25) is 4.79 Å². The molecular formula is C11H14O3. The summed E-state index contributed by atoms with van der Waals surface area (Å²) in [4.78, 5) is 11.4. The Morgan fingerprint density at radius 2 is 2.14 bits per heavy atom. The van der Waals surface area contributed by atoms with E-state index in [-0.39, 0.29) is 11.7 Å². The number of ether oxygens (including phenoxy) is 1. The van der Waals surface area contributed by atoms with E-state index in [0.717, 1.165) is 0 Å². The topological polar surface area (TPSA) is 46.5 Å². The van der Waals surface area contributed by atoms with Gasteiger partial charge in [0.1, 0.15) is 5.75 Å². The molecule has 0 spiro atoms. The first-order chi connectivity index (χ1) is 6.66. The van der Waals surface area contributed by atoms with E-state index in [4.69, 9.17) is 4.74 Å². The number of esters is 1. The minimum absolute atomic E-state index is 0.132. The Kier molecular flexibility index (Phi) is 3.51. The third-order valence-corrected chi connectivity index (χ3v) is 2.04. The van der Waals surface area contributed by atoms with Crippen LogP contribution in [0.2, 0.25) is 0 Å². The first kappa shape index (κ1) is 10.6. The van der Waals surface area contributed by atoms with Crippen LogP contribution >= 0.6 is 0 Å². The van der Waals surface area contributed by atoms with Gasteiger partial charge in [-0.25, -0.2) is 0 Å². The van der Waals surface area contributed by atoms with Crippen LogP contribution in [0.5, 0.6) is 5.75 Å². The number of phenolic OH excluding ortho intramolecular Hbond substituents is 1. The molecule has 1 N–H and O–H groups in total. The highest BCUT2D eigenvalue weighted by Crippen LogP contribution is 2.25. The molecule has 0 aliphatic rings. The SMILES string of the molecule is CCOC(=O)C(C)c1ccccc1O. The van der Waals surface area contributed by atoms with Crippen LogP contribution in [-0.2, 0) is 9.53 Å². The quantitative estimate of drug-likeness (QED) is 0.749. The van der Waals surface area contributed by atoms with Gasteiger partial charge in [-0.05, 0) is 19.9 Å². The monoisotopic (exact) mass is 194 g/mol. The molecule has 0 radical (unpaired) electrons. The Morgan fingerprint density at radius 1 is 1.50 bits per heavy atom. The summed E-state index contributed by atoms with van der Waals surface area (Å²) < 4.78 is 4.86. The highest BCUT2D eigenvalue weighted by atomic mass is 16.5. The van der Waals surface area contributed by atoms with Gasteiger partial charge in [-0.1, -0.05) is 18.2 Å². The summed E-state index contributed by atoms with van der Waals surface area (Å²) in [6, 6.07) is 6.78. The zero-order valence-electron chi connectivity index (χ0n) is 8.36. The average molecular weight is 194 g/mol. The smallest absolute Gasteiger partial charge is 0.313 e. The molecule has 0 aliphatic heterocycles. The highest BCUT2D eigenvalue weighted by molar-refractivity contribution is 5.78. The molecular weight excluding hydrogens is 180 g/mol. The molecule has 0 bridgehead atoms. The van der Waals surface area contributed by atoms with Crippen molar-refractivity contribution < 1.29 is 14.6 Å². The normalized spacial score (nSPS) is 12.1. The maximum Gasteiger partial charge on any atom is 0.313 e. The average Bonchev–Trinajstić information content (AvgIpc) is 2.18. The summed E-state index contributed by atoms with van der Waals surface area (Å²) in [6.45, 7) is 3.83. The van der Waals surface area contributed by atoms with Crippen LogP contribution in [0.4, 0.5) is 0 Å². The van der Waals surface area contributed by atoms with Gasteiger partial charge in [-0.2, -0.15) is 0 Å². The lowest BCUT2D eigenvalue weighted by Crippen LogP contribution is -2.12. The molecule has 1 rings (SSSR count). The molecule has 14 heavy (non-hydrogen) atoms. The van der Waals surface area contributed by atoms with Crippen molar-refractivity contribution in [2.45, 2.75) is 19.8 Å². The van der Waals surface area contributed by atoms with Crippen LogP contribution in [0.1, 0.15) is 25.3 Å². The number of carbonyl (C=O) groups excluding carboxylic acids is 1. The zero-order valence-corrected chi connectivity index (χ0v) is 8.36. The van der Waals surface area contributed by atoms with Gasteiger partial charge >= 0.3 is 5.97 Å². The molecule has 0 fully saturated rings. The van der Waals surface area contributed by atoms with Gasteiger partial charge in [0, 0.05) is 5.56 Å². The molecule has 0 amide bonds. The van der Waals surface area contributed by atoms with E-state index in [1.807, 2.05) is 0 Å². The fourth-order valence-corrected chi connectivity index (χ4v) is 1.25.